The third-order valence-electron chi connectivity index (χ3n) is 4.97. The maximum absolute atomic E-state index is 13.3. The van der Waals surface area contributed by atoms with Crippen LogP contribution >= 0.6 is 0 Å². The lowest BCUT2D eigenvalue weighted by Gasteiger charge is -2.33. The fourth-order valence-corrected chi connectivity index (χ4v) is 3.53. The highest BCUT2D eigenvalue weighted by Gasteiger charge is 2.21. The Hall–Kier alpha value is -2.43. The number of aromatic nitrogens is 1. The molecule has 4 nitrogen and oxygen atoms in total. The van der Waals surface area contributed by atoms with Gasteiger partial charge in [-0.3, -0.25) is 4.79 Å². The molecule has 1 saturated heterocycles. The van der Waals surface area contributed by atoms with E-state index in [0.717, 1.165) is 43.7 Å². The number of anilines is 1. The van der Waals surface area contributed by atoms with Gasteiger partial charge in [0.05, 0.1) is 5.56 Å². The van der Waals surface area contributed by atoms with E-state index in [1.165, 1.54) is 12.5 Å². The first kappa shape index (κ1) is 18.4. The van der Waals surface area contributed by atoms with E-state index in [1.54, 1.807) is 37.3 Å². The lowest BCUT2D eigenvalue weighted by Crippen LogP contribution is -2.36. The van der Waals surface area contributed by atoms with Gasteiger partial charge in [-0.2, -0.15) is 0 Å². The van der Waals surface area contributed by atoms with Gasteiger partial charge in [-0.15, -0.1) is 0 Å². The molecule has 5 heteroatoms. The molecule has 0 aliphatic carbocycles. The first-order valence-electron chi connectivity index (χ1n) is 9.20. The van der Waals surface area contributed by atoms with Crippen molar-refractivity contribution in [1.29, 1.82) is 0 Å². The molecule has 0 bridgehead atoms. The van der Waals surface area contributed by atoms with Crippen LogP contribution in [0.1, 0.15) is 35.2 Å². The molecule has 2 aromatic rings. The van der Waals surface area contributed by atoms with E-state index >= 15 is 0 Å². The summed E-state index contributed by atoms with van der Waals surface area (Å²) < 4.78 is 13.3. The average molecular weight is 355 g/mol. The number of hydrogen-bond donors (Lipinski definition) is 0. The van der Waals surface area contributed by atoms with Gasteiger partial charge in [-0.05, 0) is 61.4 Å². The minimum Gasteiger partial charge on any atom is -0.356 e. The molecule has 0 spiro atoms. The molecule has 1 aliphatic heterocycles. The second-order valence-corrected chi connectivity index (χ2v) is 7.23. The minimum absolute atomic E-state index is 0.0318. The molecular formula is C21H26FN3O. The maximum atomic E-state index is 13.3. The molecule has 1 amide bonds. The van der Waals surface area contributed by atoms with Crippen molar-refractivity contribution in [3.8, 4) is 0 Å². The van der Waals surface area contributed by atoms with Crippen LogP contribution in [0.15, 0.2) is 42.6 Å². The zero-order chi connectivity index (χ0) is 18.5. The van der Waals surface area contributed by atoms with E-state index in [2.05, 4.69) is 9.88 Å². The molecule has 0 saturated carbocycles. The normalized spacial score (nSPS) is 17.2. The van der Waals surface area contributed by atoms with Crippen molar-refractivity contribution >= 4 is 11.7 Å². The second kappa shape index (κ2) is 8.30. The molecule has 1 aliphatic rings. The molecule has 26 heavy (non-hydrogen) atoms. The number of pyridine rings is 1. The number of aryl methyl sites for hydroxylation is 1. The van der Waals surface area contributed by atoms with Crippen molar-refractivity contribution in [3.63, 3.8) is 0 Å². The molecule has 0 radical (unpaired) electrons. The van der Waals surface area contributed by atoms with E-state index < -0.39 is 0 Å². The summed E-state index contributed by atoms with van der Waals surface area (Å²) in [5.41, 5.74) is 1.67. The lowest BCUT2D eigenvalue weighted by molar-refractivity contribution is 0.0827. The third-order valence-corrected chi connectivity index (χ3v) is 4.97. The number of piperidine rings is 1. The molecule has 138 valence electrons. The first-order valence-corrected chi connectivity index (χ1v) is 9.20. The van der Waals surface area contributed by atoms with Crippen LogP contribution in [0.3, 0.4) is 0 Å². The summed E-state index contributed by atoms with van der Waals surface area (Å²) in [6.07, 6.45) is 5.95. The van der Waals surface area contributed by atoms with Gasteiger partial charge < -0.3 is 9.80 Å². The van der Waals surface area contributed by atoms with Gasteiger partial charge in [0.25, 0.3) is 5.91 Å². The van der Waals surface area contributed by atoms with Gasteiger partial charge in [0.1, 0.15) is 11.6 Å². The Bertz CT molecular complexity index is 745. The van der Waals surface area contributed by atoms with E-state index in [-0.39, 0.29) is 11.7 Å². The van der Waals surface area contributed by atoms with Gasteiger partial charge in [-0.1, -0.05) is 12.1 Å². The molecular weight excluding hydrogens is 329 g/mol. The molecule has 0 N–H and O–H groups in total. The van der Waals surface area contributed by atoms with E-state index in [4.69, 9.17) is 0 Å². The maximum Gasteiger partial charge on any atom is 0.254 e. The van der Waals surface area contributed by atoms with Gasteiger partial charge in [0.2, 0.25) is 0 Å². The zero-order valence-corrected chi connectivity index (χ0v) is 15.5. The van der Waals surface area contributed by atoms with Crippen LogP contribution < -0.4 is 4.90 Å². The van der Waals surface area contributed by atoms with Crippen molar-refractivity contribution < 1.29 is 9.18 Å². The van der Waals surface area contributed by atoms with E-state index in [1.807, 2.05) is 18.2 Å². The summed E-state index contributed by atoms with van der Waals surface area (Å²) in [5.74, 6) is 1.31. The van der Waals surface area contributed by atoms with Gasteiger partial charge in [0, 0.05) is 33.4 Å². The predicted molar refractivity (Wildman–Crippen MR) is 102 cm³/mol. The van der Waals surface area contributed by atoms with Gasteiger partial charge >= 0.3 is 0 Å². The van der Waals surface area contributed by atoms with Crippen molar-refractivity contribution in [2.75, 3.05) is 32.1 Å². The van der Waals surface area contributed by atoms with Crippen molar-refractivity contribution in [2.45, 2.75) is 25.7 Å². The molecule has 3 rings (SSSR count). The summed E-state index contributed by atoms with van der Waals surface area (Å²) in [6, 6.07) is 10.7. The average Bonchev–Trinajstić information content (AvgIpc) is 2.66. The topological polar surface area (TPSA) is 36.4 Å². The van der Waals surface area contributed by atoms with Gasteiger partial charge in [0.15, 0.2) is 0 Å². The summed E-state index contributed by atoms with van der Waals surface area (Å²) in [6.45, 7) is 1.95. The van der Waals surface area contributed by atoms with Gasteiger partial charge in [-0.25, -0.2) is 9.37 Å². The number of hydrogen-bond acceptors (Lipinski definition) is 3. The van der Waals surface area contributed by atoms with Crippen molar-refractivity contribution in [2.24, 2.45) is 5.92 Å². The minimum atomic E-state index is -0.163. The number of nitrogens with zero attached hydrogens (tertiary/aromatic N) is 3. The van der Waals surface area contributed by atoms with E-state index in [9.17, 15) is 9.18 Å². The number of rotatable bonds is 5. The Morgan fingerprint density at radius 3 is 2.85 bits per heavy atom. The van der Waals surface area contributed by atoms with Crippen LogP contribution in [0.25, 0.3) is 0 Å². The van der Waals surface area contributed by atoms with Crippen LogP contribution in [0.5, 0.6) is 0 Å². The smallest absolute Gasteiger partial charge is 0.254 e. The highest BCUT2D eigenvalue weighted by Crippen LogP contribution is 2.25. The standard InChI is InChI=1S/C21H26FN3O/c1-24(2)21(26)18-10-11-20(23-14-18)25-12-4-6-17(15-25)9-8-16-5-3-7-19(22)13-16/h3,5,7,10-11,13-14,17H,4,6,8-9,12,15H2,1-2H3/t17-/m1/s1. The number of carbonyl (C=O) groups excluding carboxylic acids is 1. The Kier molecular flexibility index (Phi) is 5.86. The molecule has 0 unspecified atom stereocenters. The fraction of sp³-hybridized carbons (Fsp3) is 0.429. The molecule has 1 aromatic carbocycles. The summed E-state index contributed by atoms with van der Waals surface area (Å²) in [4.78, 5) is 20.3. The zero-order valence-electron chi connectivity index (χ0n) is 15.5. The molecule has 1 fully saturated rings. The number of benzene rings is 1. The monoisotopic (exact) mass is 355 g/mol. The largest absolute Gasteiger partial charge is 0.356 e. The van der Waals surface area contributed by atoms with Crippen molar-refractivity contribution in [3.05, 3.63) is 59.5 Å². The number of carbonyl (C=O) groups is 1. The summed E-state index contributed by atoms with van der Waals surface area (Å²) in [5, 5.41) is 0. The summed E-state index contributed by atoms with van der Waals surface area (Å²) >= 11 is 0. The van der Waals surface area contributed by atoms with E-state index in [0.29, 0.717) is 11.5 Å². The second-order valence-electron chi connectivity index (χ2n) is 7.23. The first-order chi connectivity index (χ1) is 12.5. The summed E-state index contributed by atoms with van der Waals surface area (Å²) in [7, 11) is 3.48. The SMILES string of the molecule is CN(C)C(=O)c1ccc(N2CCC[C@H](CCc3cccc(F)c3)C2)nc1. The van der Waals surface area contributed by atoms with Crippen LogP contribution in [0.4, 0.5) is 10.2 Å². The van der Waals surface area contributed by atoms with Crippen LogP contribution in [-0.2, 0) is 6.42 Å². The Labute approximate surface area is 154 Å². The third kappa shape index (κ3) is 4.59. The Morgan fingerprint density at radius 1 is 1.31 bits per heavy atom. The van der Waals surface area contributed by atoms with Crippen LogP contribution in [0.2, 0.25) is 0 Å². The molecule has 1 atom stereocenters. The highest BCUT2D eigenvalue weighted by atomic mass is 19.1. The Balaban J connectivity index is 1.58. The molecule has 1 aromatic heterocycles. The number of amides is 1. The lowest BCUT2D eigenvalue weighted by atomic mass is 9.91. The van der Waals surface area contributed by atoms with Crippen LogP contribution in [-0.4, -0.2) is 43.0 Å². The quantitative estimate of drug-likeness (QED) is 0.819. The number of halogens is 1. The Morgan fingerprint density at radius 2 is 2.15 bits per heavy atom. The highest BCUT2D eigenvalue weighted by molar-refractivity contribution is 5.93. The predicted octanol–water partition coefficient (Wildman–Crippen LogP) is 3.77. The molecule has 2 heterocycles. The fourth-order valence-electron chi connectivity index (χ4n) is 3.53. The van der Waals surface area contributed by atoms with Crippen molar-refractivity contribution in [1.82, 2.24) is 9.88 Å². The van der Waals surface area contributed by atoms with Crippen LogP contribution in [0, 0.1) is 11.7 Å².